The number of benzene rings is 1. The SMILES string of the molecule is Clc1cccc(N2CC[NH+](CCCc3ccccc3)CC2)n1.[Cl-]. The van der Waals surface area contributed by atoms with Gasteiger partial charge in [0.15, 0.2) is 0 Å². The van der Waals surface area contributed by atoms with Gasteiger partial charge in [0.2, 0.25) is 0 Å². The molecule has 3 rings (SSSR count). The lowest BCUT2D eigenvalue weighted by molar-refractivity contribution is -0.900. The predicted molar refractivity (Wildman–Crippen MR) is 91.8 cm³/mol. The highest BCUT2D eigenvalue weighted by atomic mass is 35.5. The summed E-state index contributed by atoms with van der Waals surface area (Å²) in [6.45, 7) is 5.75. The van der Waals surface area contributed by atoms with Crippen molar-refractivity contribution in [3.63, 3.8) is 0 Å². The number of halogens is 2. The molecule has 23 heavy (non-hydrogen) atoms. The number of aromatic nitrogens is 1. The van der Waals surface area contributed by atoms with Crippen LogP contribution in [0.25, 0.3) is 0 Å². The average Bonchev–Trinajstić information content (AvgIpc) is 2.56. The molecule has 1 fully saturated rings. The molecule has 5 heteroatoms. The van der Waals surface area contributed by atoms with Crippen LogP contribution < -0.4 is 22.2 Å². The van der Waals surface area contributed by atoms with Crippen molar-refractivity contribution >= 4 is 17.4 Å². The van der Waals surface area contributed by atoms with Crippen LogP contribution in [0, 0.1) is 0 Å². The lowest BCUT2D eigenvalue weighted by Crippen LogP contribution is -3.14. The van der Waals surface area contributed by atoms with Gasteiger partial charge in [-0.2, -0.15) is 0 Å². The molecule has 2 aromatic rings. The van der Waals surface area contributed by atoms with Crippen molar-refractivity contribution in [3.8, 4) is 0 Å². The lowest BCUT2D eigenvalue weighted by atomic mass is 10.1. The molecule has 1 saturated heterocycles. The van der Waals surface area contributed by atoms with Gasteiger partial charge in [0.05, 0.1) is 32.7 Å². The van der Waals surface area contributed by atoms with Gasteiger partial charge < -0.3 is 22.2 Å². The number of pyridine rings is 1. The van der Waals surface area contributed by atoms with Crippen LogP contribution in [0.3, 0.4) is 0 Å². The van der Waals surface area contributed by atoms with Crippen LogP contribution in [0.2, 0.25) is 5.15 Å². The van der Waals surface area contributed by atoms with Crippen molar-refractivity contribution in [2.24, 2.45) is 0 Å². The second-order valence-corrected chi connectivity index (χ2v) is 6.28. The first-order valence-electron chi connectivity index (χ1n) is 8.06. The van der Waals surface area contributed by atoms with Crippen LogP contribution in [0.1, 0.15) is 12.0 Å². The fraction of sp³-hybridized carbons (Fsp3) is 0.389. The minimum absolute atomic E-state index is 0. The Kier molecular flexibility index (Phi) is 7.15. The van der Waals surface area contributed by atoms with Crippen molar-refractivity contribution in [3.05, 3.63) is 59.2 Å². The third-order valence-electron chi connectivity index (χ3n) is 4.33. The van der Waals surface area contributed by atoms with E-state index in [1.54, 1.807) is 4.90 Å². The number of nitrogens with zero attached hydrogens (tertiary/aromatic N) is 2. The van der Waals surface area contributed by atoms with E-state index in [0.29, 0.717) is 5.15 Å². The summed E-state index contributed by atoms with van der Waals surface area (Å²) in [5, 5.41) is 0.579. The van der Waals surface area contributed by atoms with Gasteiger partial charge in [0, 0.05) is 6.42 Å². The zero-order valence-corrected chi connectivity index (χ0v) is 14.7. The molecule has 1 aromatic carbocycles. The summed E-state index contributed by atoms with van der Waals surface area (Å²) in [6, 6.07) is 16.6. The Hall–Kier alpha value is -1.29. The van der Waals surface area contributed by atoms with E-state index in [-0.39, 0.29) is 12.4 Å². The van der Waals surface area contributed by atoms with Crippen LogP contribution in [-0.2, 0) is 6.42 Å². The molecule has 0 amide bonds. The van der Waals surface area contributed by atoms with Crippen molar-refractivity contribution in [1.29, 1.82) is 0 Å². The summed E-state index contributed by atoms with van der Waals surface area (Å²) in [6.07, 6.45) is 2.44. The standard InChI is InChI=1S/C18H22ClN3.ClH/c19-17-9-4-10-18(20-17)22-14-12-21(13-15-22)11-5-8-16-6-2-1-3-7-16;/h1-4,6-7,9-10H,5,8,11-15H2;1H. The van der Waals surface area contributed by atoms with Crippen LogP contribution in [-0.4, -0.2) is 37.7 Å². The number of hydrogen-bond donors (Lipinski definition) is 1. The van der Waals surface area contributed by atoms with Crippen LogP contribution in [0.4, 0.5) is 5.82 Å². The second kappa shape index (κ2) is 9.11. The maximum absolute atomic E-state index is 5.98. The van der Waals surface area contributed by atoms with E-state index in [1.807, 2.05) is 18.2 Å². The Morgan fingerprint density at radius 2 is 1.74 bits per heavy atom. The molecule has 1 aliphatic heterocycles. The fourth-order valence-electron chi connectivity index (χ4n) is 3.06. The number of anilines is 1. The van der Waals surface area contributed by atoms with Crippen LogP contribution in [0.15, 0.2) is 48.5 Å². The summed E-state index contributed by atoms with van der Waals surface area (Å²) in [7, 11) is 0. The van der Waals surface area contributed by atoms with Crippen LogP contribution in [0.5, 0.6) is 0 Å². The Morgan fingerprint density at radius 1 is 1.00 bits per heavy atom. The largest absolute Gasteiger partial charge is 1.00 e. The molecule has 0 radical (unpaired) electrons. The molecular formula is C18H23Cl2N3. The predicted octanol–water partition coefficient (Wildman–Crippen LogP) is -0.923. The Morgan fingerprint density at radius 3 is 2.43 bits per heavy atom. The molecule has 0 saturated carbocycles. The van der Waals surface area contributed by atoms with E-state index in [9.17, 15) is 0 Å². The quantitative estimate of drug-likeness (QED) is 0.703. The van der Waals surface area contributed by atoms with E-state index in [2.05, 4.69) is 40.2 Å². The molecule has 1 aromatic heterocycles. The zero-order chi connectivity index (χ0) is 15.2. The van der Waals surface area contributed by atoms with Crippen molar-refractivity contribution in [1.82, 2.24) is 4.98 Å². The van der Waals surface area contributed by atoms with E-state index >= 15 is 0 Å². The summed E-state index contributed by atoms with van der Waals surface area (Å²) >= 11 is 5.98. The average molecular weight is 352 g/mol. The molecule has 1 N–H and O–H groups in total. The fourth-order valence-corrected chi connectivity index (χ4v) is 3.22. The second-order valence-electron chi connectivity index (χ2n) is 5.89. The monoisotopic (exact) mass is 351 g/mol. The number of nitrogens with one attached hydrogen (secondary N) is 1. The van der Waals surface area contributed by atoms with Crippen molar-refractivity contribution in [2.45, 2.75) is 12.8 Å². The molecule has 124 valence electrons. The minimum atomic E-state index is 0. The number of quaternary nitrogens is 1. The molecule has 0 spiro atoms. The van der Waals surface area contributed by atoms with E-state index in [1.165, 1.54) is 38.0 Å². The maximum atomic E-state index is 5.98. The lowest BCUT2D eigenvalue weighted by Gasteiger charge is -2.33. The first-order chi connectivity index (χ1) is 10.8. The molecule has 0 bridgehead atoms. The summed E-state index contributed by atoms with van der Waals surface area (Å²) in [5.74, 6) is 1.01. The number of aryl methyl sites for hydroxylation is 1. The molecule has 2 heterocycles. The molecule has 0 atom stereocenters. The topological polar surface area (TPSA) is 20.6 Å². The van der Waals surface area contributed by atoms with Gasteiger partial charge in [0.1, 0.15) is 11.0 Å². The number of hydrogen-bond acceptors (Lipinski definition) is 2. The molecule has 3 nitrogen and oxygen atoms in total. The van der Waals surface area contributed by atoms with Gasteiger partial charge in [-0.25, -0.2) is 4.98 Å². The van der Waals surface area contributed by atoms with Gasteiger partial charge in [0.25, 0.3) is 0 Å². The van der Waals surface area contributed by atoms with Gasteiger partial charge in [-0.1, -0.05) is 48.0 Å². The Balaban J connectivity index is 0.00000192. The molecular weight excluding hydrogens is 329 g/mol. The molecule has 1 aliphatic rings. The van der Waals surface area contributed by atoms with Gasteiger partial charge in [-0.3, -0.25) is 0 Å². The number of piperazine rings is 1. The van der Waals surface area contributed by atoms with E-state index < -0.39 is 0 Å². The Labute approximate surface area is 149 Å². The summed E-state index contributed by atoms with van der Waals surface area (Å²) < 4.78 is 0. The first-order valence-corrected chi connectivity index (χ1v) is 8.44. The third-order valence-corrected chi connectivity index (χ3v) is 4.54. The van der Waals surface area contributed by atoms with Crippen molar-refractivity contribution in [2.75, 3.05) is 37.6 Å². The number of rotatable bonds is 5. The maximum Gasteiger partial charge on any atom is 0.131 e. The third kappa shape index (κ3) is 5.38. The normalized spacial score (nSPS) is 15.3. The van der Waals surface area contributed by atoms with Gasteiger partial charge in [-0.05, 0) is 24.1 Å². The van der Waals surface area contributed by atoms with E-state index in [0.717, 1.165) is 18.9 Å². The first kappa shape index (κ1) is 18.1. The summed E-state index contributed by atoms with van der Waals surface area (Å²) in [5.41, 5.74) is 1.45. The summed E-state index contributed by atoms with van der Waals surface area (Å²) in [4.78, 5) is 8.45. The highest BCUT2D eigenvalue weighted by Gasteiger charge is 2.20. The Bertz CT molecular complexity index is 584. The molecule has 0 unspecified atom stereocenters. The van der Waals surface area contributed by atoms with Gasteiger partial charge >= 0.3 is 0 Å². The minimum Gasteiger partial charge on any atom is -1.00 e. The van der Waals surface area contributed by atoms with Gasteiger partial charge in [-0.15, -0.1) is 0 Å². The smallest absolute Gasteiger partial charge is 0.131 e. The zero-order valence-electron chi connectivity index (χ0n) is 13.2. The van der Waals surface area contributed by atoms with E-state index in [4.69, 9.17) is 11.6 Å². The highest BCUT2D eigenvalue weighted by molar-refractivity contribution is 6.29. The van der Waals surface area contributed by atoms with Crippen molar-refractivity contribution < 1.29 is 17.3 Å². The van der Waals surface area contributed by atoms with Crippen LogP contribution >= 0.6 is 11.6 Å². The highest BCUT2D eigenvalue weighted by Crippen LogP contribution is 2.14. The molecule has 0 aliphatic carbocycles.